The summed E-state index contributed by atoms with van der Waals surface area (Å²) in [5.74, 6) is 1.07. The fourth-order valence-corrected chi connectivity index (χ4v) is 3.23. The Bertz CT molecular complexity index is 645. The molecule has 6 heteroatoms. The largest absolute Gasteiger partial charge is 0.497 e. The van der Waals surface area contributed by atoms with E-state index in [4.69, 9.17) is 4.74 Å². The number of methoxy groups -OCH3 is 1. The van der Waals surface area contributed by atoms with E-state index in [2.05, 4.69) is 14.6 Å². The Morgan fingerprint density at radius 1 is 1.39 bits per heavy atom. The number of likely N-dealkylation sites (tertiary alicyclic amines) is 1. The van der Waals surface area contributed by atoms with Crippen molar-refractivity contribution in [2.45, 2.75) is 19.5 Å². The number of aromatic nitrogens is 1. The van der Waals surface area contributed by atoms with Crippen molar-refractivity contribution in [3.63, 3.8) is 0 Å². The number of nitrogens with one attached hydrogen (secondary N) is 1. The van der Waals surface area contributed by atoms with Gasteiger partial charge in [0.25, 0.3) is 0 Å². The molecule has 0 unspecified atom stereocenters. The number of benzene rings is 1. The van der Waals surface area contributed by atoms with Crippen LogP contribution in [0.1, 0.15) is 12.0 Å². The zero-order chi connectivity index (χ0) is 16.2. The van der Waals surface area contributed by atoms with Gasteiger partial charge >= 0.3 is 6.61 Å². The van der Waals surface area contributed by atoms with Gasteiger partial charge in [-0.15, -0.1) is 0 Å². The van der Waals surface area contributed by atoms with E-state index in [1.807, 2.05) is 24.4 Å². The number of ether oxygens (including phenoxy) is 2. The van der Waals surface area contributed by atoms with Crippen molar-refractivity contribution < 1.29 is 18.3 Å². The SMILES string of the molecule is COc1ccc2[nH]cc(CCN3CC[C@H](COC(F)F)C3)c2c1. The first kappa shape index (κ1) is 16.2. The van der Waals surface area contributed by atoms with Crippen LogP contribution in [0.4, 0.5) is 8.78 Å². The molecule has 23 heavy (non-hydrogen) atoms. The minimum Gasteiger partial charge on any atom is -0.497 e. The highest BCUT2D eigenvalue weighted by atomic mass is 19.3. The Morgan fingerprint density at radius 3 is 3.04 bits per heavy atom. The van der Waals surface area contributed by atoms with E-state index in [0.29, 0.717) is 0 Å². The van der Waals surface area contributed by atoms with Gasteiger partial charge in [0, 0.05) is 30.2 Å². The molecule has 0 radical (unpaired) electrons. The summed E-state index contributed by atoms with van der Waals surface area (Å²) in [7, 11) is 1.67. The van der Waals surface area contributed by atoms with Gasteiger partial charge < -0.3 is 19.4 Å². The van der Waals surface area contributed by atoms with Crippen LogP contribution in [0.5, 0.6) is 5.75 Å². The van der Waals surface area contributed by atoms with Crippen molar-refractivity contribution >= 4 is 10.9 Å². The van der Waals surface area contributed by atoms with Crippen molar-refractivity contribution in [3.05, 3.63) is 30.0 Å². The first-order valence-corrected chi connectivity index (χ1v) is 7.92. The third kappa shape index (κ3) is 4.00. The predicted octanol–water partition coefficient (Wildman–Crippen LogP) is 3.28. The number of halogens is 2. The Morgan fingerprint density at radius 2 is 2.26 bits per heavy atom. The topological polar surface area (TPSA) is 37.5 Å². The molecule has 0 spiro atoms. The number of fused-ring (bicyclic) bond motifs is 1. The molecule has 1 aliphatic heterocycles. The molecule has 1 saturated heterocycles. The molecule has 0 aliphatic carbocycles. The lowest BCUT2D eigenvalue weighted by atomic mass is 10.1. The van der Waals surface area contributed by atoms with Gasteiger partial charge in [-0.3, -0.25) is 0 Å². The molecule has 126 valence electrons. The quantitative estimate of drug-likeness (QED) is 0.849. The summed E-state index contributed by atoms with van der Waals surface area (Å²) in [5.41, 5.74) is 2.36. The summed E-state index contributed by atoms with van der Waals surface area (Å²) >= 11 is 0. The molecule has 1 fully saturated rings. The maximum Gasteiger partial charge on any atom is 0.345 e. The predicted molar refractivity (Wildman–Crippen MR) is 85.1 cm³/mol. The van der Waals surface area contributed by atoms with Crippen LogP contribution >= 0.6 is 0 Å². The summed E-state index contributed by atoms with van der Waals surface area (Å²) in [6, 6.07) is 6.01. The van der Waals surface area contributed by atoms with Crippen molar-refractivity contribution in [3.8, 4) is 5.75 Å². The maximum atomic E-state index is 12.1. The smallest absolute Gasteiger partial charge is 0.345 e. The highest BCUT2D eigenvalue weighted by molar-refractivity contribution is 5.84. The van der Waals surface area contributed by atoms with Crippen LogP contribution in [-0.2, 0) is 11.2 Å². The van der Waals surface area contributed by atoms with Crippen molar-refractivity contribution in [1.82, 2.24) is 9.88 Å². The van der Waals surface area contributed by atoms with Gasteiger partial charge in [-0.1, -0.05) is 0 Å². The number of H-pyrrole nitrogens is 1. The lowest BCUT2D eigenvalue weighted by molar-refractivity contribution is -0.137. The second-order valence-corrected chi connectivity index (χ2v) is 6.02. The van der Waals surface area contributed by atoms with E-state index in [1.165, 1.54) is 10.9 Å². The van der Waals surface area contributed by atoms with Gasteiger partial charge in [-0.05, 0) is 49.1 Å². The van der Waals surface area contributed by atoms with Gasteiger partial charge in [0.15, 0.2) is 0 Å². The molecule has 1 aromatic heterocycles. The third-order valence-electron chi connectivity index (χ3n) is 4.50. The van der Waals surface area contributed by atoms with Crippen LogP contribution in [0, 0.1) is 5.92 Å². The summed E-state index contributed by atoms with van der Waals surface area (Å²) in [5, 5.41) is 1.18. The van der Waals surface area contributed by atoms with Crippen molar-refractivity contribution in [2.75, 3.05) is 33.4 Å². The van der Waals surface area contributed by atoms with E-state index in [9.17, 15) is 8.78 Å². The Hall–Kier alpha value is -1.66. The van der Waals surface area contributed by atoms with Crippen LogP contribution in [0.25, 0.3) is 10.9 Å². The molecule has 1 aromatic carbocycles. The number of rotatable bonds is 7. The van der Waals surface area contributed by atoms with E-state index >= 15 is 0 Å². The van der Waals surface area contributed by atoms with E-state index in [0.717, 1.165) is 43.7 Å². The zero-order valence-corrected chi connectivity index (χ0v) is 13.2. The number of hydrogen-bond acceptors (Lipinski definition) is 3. The first-order valence-electron chi connectivity index (χ1n) is 7.92. The average Bonchev–Trinajstić information content (AvgIpc) is 3.17. The molecule has 0 bridgehead atoms. The molecule has 0 amide bonds. The molecular formula is C17H22F2N2O2. The fraction of sp³-hybridized carbons (Fsp3) is 0.529. The van der Waals surface area contributed by atoms with Crippen LogP contribution in [0.3, 0.4) is 0 Å². The minimum atomic E-state index is -2.66. The number of hydrogen-bond donors (Lipinski definition) is 1. The van der Waals surface area contributed by atoms with Crippen molar-refractivity contribution in [1.29, 1.82) is 0 Å². The average molecular weight is 324 g/mol. The molecule has 1 aliphatic rings. The van der Waals surface area contributed by atoms with Gasteiger partial charge in [0.2, 0.25) is 0 Å². The van der Waals surface area contributed by atoms with Crippen LogP contribution in [-0.4, -0.2) is 49.8 Å². The normalized spacial score (nSPS) is 19.0. The number of aromatic amines is 1. The Balaban J connectivity index is 1.55. The molecule has 1 atom stereocenters. The van der Waals surface area contributed by atoms with Gasteiger partial charge in [0.1, 0.15) is 5.75 Å². The second-order valence-electron chi connectivity index (χ2n) is 6.02. The third-order valence-corrected chi connectivity index (χ3v) is 4.50. The highest BCUT2D eigenvalue weighted by Crippen LogP contribution is 2.25. The minimum absolute atomic E-state index is 0.151. The molecule has 0 saturated carbocycles. The summed E-state index contributed by atoms with van der Waals surface area (Å²) in [6.45, 7) is 0.194. The number of nitrogens with zero attached hydrogens (tertiary/aromatic N) is 1. The van der Waals surface area contributed by atoms with E-state index < -0.39 is 6.61 Å². The van der Waals surface area contributed by atoms with Crippen LogP contribution in [0.15, 0.2) is 24.4 Å². The number of alkyl halides is 2. The van der Waals surface area contributed by atoms with E-state index in [1.54, 1.807) is 7.11 Å². The summed E-state index contributed by atoms with van der Waals surface area (Å²) < 4.78 is 33.9. The summed E-state index contributed by atoms with van der Waals surface area (Å²) in [4.78, 5) is 5.60. The van der Waals surface area contributed by atoms with Crippen LogP contribution in [0.2, 0.25) is 0 Å². The molecular weight excluding hydrogens is 302 g/mol. The first-order chi connectivity index (χ1) is 11.2. The maximum absolute atomic E-state index is 12.1. The zero-order valence-electron chi connectivity index (χ0n) is 13.2. The van der Waals surface area contributed by atoms with Gasteiger partial charge in [-0.25, -0.2) is 0 Å². The molecule has 4 nitrogen and oxygen atoms in total. The molecule has 3 rings (SSSR count). The fourth-order valence-electron chi connectivity index (χ4n) is 3.23. The highest BCUT2D eigenvalue weighted by Gasteiger charge is 2.23. The van der Waals surface area contributed by atoms with Crippen molar-refractivity contribution in [2.24, 2.45) is 5.92 Å². The molecule has 2 heterocycles. The monoisotopic (exact) mass is 324 g/mol. The standard InChI is InChI=1S/C17H22F2N2O2/c1-22-14-2-3-16-15(8-14)13(9-20-16)5-7-21-6-4-12(10-21)11-23-17(18)19/h2-3,8-9,12,17,20H,4-7,10-11H2,1H3/t12-/m0/s1. The van der Waals surface area contributed by atoms with E-state index in [-0.39, 0.29) is 12.5 Å². The van der Waals surface area contributed by atoms with Gasteiger partial charge in [-0.2, -0.15) is 8.78 Å². The molecule has 2 aromatic rings. The van der Waals surface area contributed by atoms with Crippen LogP contribution < -0.4 is 4.74 Å². The Labute approximate surface area is 134 Å². The lowest BCUT2D eigenvalue weighted by Crippen LogP contribution is -2.24. The second kappa shape index (κ2) is 7.27. The summed E-state index contributed by atoms with van der Waals surface area (Å²) in [6.07, 6.45) is 3.89. The lowest BCUT2D eigenvalue weighted by Gasteiger charge is -2.15. The Kier molecular flexibility index (Phi) is 5.13. The van der Waals surface area contributed by atoms with Gasteiger partial charge in [0.05, 0.1) is 13.7 Å². The molecule has 1 N–H and O–H groups in total.